The highest BCUT2D eigenvalue weighted by atomic mass is 35.5. The summed E-state index contributed by atoms with van der Waals surface area (Å²) in [4.78, 5) is 14.2. The Kier molecular flexibility index (Phi) is 5.23. The molecule has 2 N–H and O–H groups in total. The van der Waals surface area contributed by atoms with E-state index in [0.717, 1.165) is 19.6 Å². The van der Waals surface area contributed by atoms with E-state index in [2.05, 4.69) is 11.8 Å². The molecule has 1 fully saturated rings. The van der Waals surface area contributed by atoms with Crippen LogP contribution in [0.3, 0.4) is 0 Å². The lowest BCUT2D eigenvalue weighted by atomic mass is 10.2. The Morgan fingerprint density at radius 2 is 2.35 bits per heavy atom. The number of anilines is 1. The van der Waals surface area contributed by atoms with E-state index in [9.17, 15) is 4.79 Å². The Bertz CT molecular complexity index is 461. The van der Waals surface area contributed by atoms with Crippen molar-refractivity contribution in [2.24, 2.45) is 0 Å². The predicted octanol–water partition coefficient (Wildman–Crippen LogP) is 1.80. The molecule has 6 heteroatoms. The van der Waals surface area contributed by atoms with Crippen molar-refractivity contribution < 1.29 is 14.3 Å². The van der Waals surface area contributed by atoms with Crippen molar-refractivity contribution in [2.75, 3.05) is 38.6 Å². The van der Waals surface area contributed by atoms with Crippen LogP contribution in [0.15, 0.2) is 18.2 Å². The third-order valence-electron chi connectivity index (χ3n) is 3.23. The molecule has 0 spiro atoms. The molecule has 0 amide bonds. The minimum Gasteiger partial charge on any atom is -0.459 e. The zero-order chi connectivity index (χ0) is 14.5. The van der Waals surface area contributed by atoms with Crippen LogP contribution in [0, 0.1) is 0 Å². The first-order valence-electron chi connectivity index (χ1n) is 6.65. The van der Waals surface area contributed by atoms with Crippen LogP contribution >= 0.6 is 11.6 Å². The molecule has 1 saturated heterocycles. The molecule has 1 heterocycles. The lowest BCUT2D eigenvalue weighted by Crippen LogP contribution is -2.44. The second-order valence-electron chi connectivity index (χ2n) is 4.76. The molecule has 0 aromatic heterocycles. The zero-order valence-corrected chi connectivity index (χ0v) is 12.2. The maximum absolute atomic E-state index is 11.9. The van der Waals surface area contributed by atoms with Gasteiger partial charge in [0.15, 0.2) is 0 Å². The number of hydrogen-bond acceptors (Lipinski definition) is 5. The molecule has 1 aromatic carbocycles. The van der Waals surface area contributed by atoms with Crippen molar-refractivity contribution >= 4 is 23.3 Å². The van der Waals surface area contributed by atoms with E-state index in [1.54, 1.807) is 18.2 Å². The molecule has 0 bridgehead atoms. The van der Waals surface area contributed by atoms with Gasteiger partial charge in [-0.1, -0.05) is 18.5 Å². The maximum atomic E-state index is 11.9. The van der Waals surface area contributed by atoms with Crippen LogP contribution < -0.4 is 5.73 Å². The zero-order valence-electron chi connectivity index (χ0n) is 11.5. The minimum atomic E-state index is -0.434. The molecule has 1 aromatic rings. The lowest BCUT2D eigenvalue weighted by Gasteiger charge is -2.31. The summed E-state index contributed by atoms with van der Waals surface area (Å²) in [5.41, 5.74) is 6.45. The Balaban J connectivity index is 1.88. The van der Waals surface area contributed by atoms with Gasteiger partial charge in [-0.05, 0) is 24.7 Å². The van der Waals surface area contributed by atoms with Crippen molar-refractivity contribution in [3.63, 3.8) is 0 Å². The summed E-state index contributed by atoms with van der Waals surface area (Å²) >= 11 is 5.86. The quantitative estimate of drug-likeness (QED) is 0.678. The Morgan fingerprint density at radius 3 is 3.05 bits per heavy atom. The van der Waals surface area contributed by atoms with Gasteiger partial charge in [0.05, 0.1) is 12.2 Å². The second kappa shape index (κ2) is 6.92. The fraction of sp³-hybridized carbons (Fsp3) is 0.500. The number of benzene rings is 1. The van der Waals surface area contributed by atoms with Crippen LogP contribution in [0.25, 0.3) is 0 Å². The van der Waals surface area contributed by atoms with Gasteiger partial charge >= 0.3 is 5.97 Å². The SMILES string of the molecule is CCN1CCOC(COC(=O)c2cc(N)cc(Cl)c2)C1. The van der Waals surface area contributed by atoms with Gasteiger partial charge in [0.1, 0.15) is 12.7 Å². The molecule has 0 radical (unpaired) electrons. The summed E-state index contributed by atoms with van der Waals surface area (Å²) < 4.78 is 10.8. The molecule has 1 atom stereocenters. The van der Waals surface area contributed by atoms with E-state index < -0.39 is 5.97 Å². The first-order valence-corrected chi connectivity index (χ1v) is 7.03. The van der Waals surface area contributed by atoms with Crippen LogP contribution in [-0.4, -0.2) is 49.8 Å². The molecule has 1 aliphatic rings. The number of carbonyl (C=O) groups excluding carboxylic acids is 1. The van der Waals surface area contributed by atoms with Gasteiger partial charge in [-0.2, -0.15) is 0 Å². The van der Waals surface area contributed by atoms with Crippen molar-refractivity contribution in [3.8, 4) is 0 Å². The van der Waals surface area contributed by atoms with E-state index in [1.165, 1.54) is 0 Å². The van der Waals surface area contributed by atoms with Gasteiger partial charge in [0.25, 0.3) is 0 Å². The molecule has 0 saturated carbocycles. The Morgan fingerprint density at radius 1 is 1.55 bits per heavy atom. The summed E-state index contributed by atoms with van der Waals surface area (Å²) in [5, 5.41) is 0.419. The molecule has 20 heavy (non-hydrogen) atoms. The van der Waals surface area contributed by atoms with Gasteiger partial charge < -0.3 is 15.2 Å². The standard InChI is InChI=1S/C14H19ClN2O3/c1-2-17-3-4-19-13(8-17)9-20-14(18)10-5-11(15)7-12(16)6-10/h5-7,13H,2-4,8-9,16H2,1H3. The van der Waals surface area contributed by atoms with Crippen molar-refractivity contribution in [2.45, 2.75) is 13.0 Å². The molecular formula is C14H19ClN2O3. The normalized spacial score (nSPS) is 19.8. The number of hydrogen-bond donors (Lipinski definition) is 1. The number of ether oxygens (including phenoxy) is 2. The number of nitrogens with zero attached hydrogens (tertiary/aromatic N) is 1. The fourth-order valence-electron chi connectivity index (χ4n) is 2.15. The first-order chi connectivity index (χ1) is 9.58. The highest BCUT2D eigenvalue weighted by Gasteiger charge is 2.21. The number of halogens is 1. The maximum Gasteiger partial charge on any atom is 0.338 e. The minimum absolute atomic E-state index is 0.0795. The number of morpholine rings is 1. The topological polar surface area (TPSA) is 64.8 Å². The number of likely N-dealkylation sites (N-methyl/N-ethyl adjacent to an activating group) is 1. The highest BCUT2D eigenvalue weighted by Crippen LogP contribution is 2.17. The van der Waals surface area contributed by atoms with Gasteiger partial charge in [-0.25, -0.2) is 4.79 Å². The van der Waals surface area contributed by atoms with Gasteiger partial charge in [-0.3, -0.25) is 4.90 Å². The first kappa shape index (κ1) is 15.1. The molecule has 1 aliphatic heterocycles. The highest BCUT2D eigenvalue weighted by molar-refractivity contribution is 6.31. The third-order valence-corrected chi connectivity index (χ3v) is 3.44. The van der Waals surface area contributed by atoms with Crippen molar-refractivity contribution in [1.29, 1.82) is 0 Å². The Hall–Kier alpha value is -1.30. The van der Waals surface area contributed by atoms with Crippen LogP contribution in [0.5, 0.6) is 0 Å². The third kappa shape index (κ3) is 4.10. The fourth-order valence-corrected chi connectivity index (χ4v) is 2.39. The van der Waals surface area contributed by atoms with E-state index in [0.29, 0.717) is 22.9 Å². The summed E-state index contributed by atoms with van der Waals surface area (Å²) in [6.07, 6.45) is -0.0795. The molecular weight excluding hydrogens is 280 g/mol. The number of nitrogens with two attached hydrogens (primary N) is 1. The summed E-state index contributed by atoms with van der Waals surface area (Å²) in [5.74, 6) is -0.434. The van der Waals surface area contributed by atoms with Gasteiger partial charge in [0, 0.05) is 23.8 Å². The largest absolute Gasteiger partial charge is 0.459 e. The van der Waals surface area contributed by atoms with E-state index in [-0.39, 0.29) is 12.7 Å². The van der Waals surface area contributed by atoms with Crippen molar-refractivity contribution in [1.82, 2.24) is 4.90 Å². The van der Waals surface area contributed by atoms with Crippen LogP contribution in [0.2, 0.25) is 5.02 Å². The summed E-state index contributed by atoms with van der Waals surface area (Å²) in [6.45, 7) is 5.68. The van der Waals surface area contributed by atoms with Gasteiger partial charge in [-0.15, -0.1) is 0 Å². The predicted molar refractivity (Wildman–Crippen MR) is 78.0 cm³/mol. The van der Waals surface area contributed by atoms with Crippen LogP contribution in [0.1, 0.15) is 17.3 Å². The van der Waals surface area contributed by atoms with E-state index in [1.807, 2.05) is 0 Å². The van der Waals surface area contributed by atoms with Crippen LogP contribution in [-0.2, 0) is 9.47 Å². The molecule has 1 unspecified atom stereocenters. The molecule has 110 valence electrons. The van der Waals surface area contributed by atoms with Gasteiger partial charge in [0.2, 0.25) is 0 Å². The smallest absolute Gasteiger partial charge is 0.338 e. The molecule has 5 nitrogen and oxygen atoms in total. The van der Waals surface area contributed by atoms with E-state index >= 15 is 0 Å². The average Bonchev–Trinajstić information content (AvgIpc) is 2.44. The second-order valence-corrected chi connectivity index (χ2v) is 5.19. The summed E-state index contributed by atoms with van der Waals surface area (Å²) in [7, 11) is 0. The van der Waals surface area contributed by atoms with Crippen molar-refractivity contribution in [3.05, 3.63) is 28.8 Å². The number of rotatable bonds is 4. The summed E-state index contributed by atoms with van der Waals surface area (Å²) in [6, 6.07) is 4.68. The lowest BCUT2D eigenvalue weighted by molar-refractivity contribution is -0.0578. The van der Waals surface area contributed by atoms with E-state index in [4.69, 9.17) is 26.8 Å². The molecule has 2 rings (SSSR count). The Labute approximate surface area is 123 Å². The average molecular weight is 299 g/mol. The number of carbonyl (C=O) groups is 1. The molecule has 0 aliphatic carbocycles. The monoisotopic (exact) mass is 298 g/mol. The van der Waals surface area contributed by atoms with Crippen LogP contribution in [0.4, 0.5) is 5.69 Å². The number of nitrogen functional groups attached to an aromatic ring is 1. The number of esters is 1.